The molecule has 2 aliphatic heterocycles. The van der Waals surface area contributed by atoms with Gasteiger partial charge in [-0.05, 0) is 75.5 Å². The summed E-state index contributed by atoms with van der Waals surface area (Å²) in [5, 5.41) is 4.93. The van der Waals surface area contributed by atoms with Gasteiger partial charge in [0.2, 0.25) is 0 Å². The van der Waals surface area contributed by atoms with Crippen LogP contribution in [0.4, 0.5) is 5.69 Å². The van der Waals surface area contributed by atoms with Crippen molar-refractivity contribution in [1.29, 1.82) is 0 Å². The fraction of sp³-hybridized carbons (Fsp3) is 0.286. The van der Waals surface area contributed by atoms with Crippen LogP contribution in [-0.4, -0.2) is 45.5 Å². The molecule has 168 valence electrons. The van der Waals surface area contributed by atoms with Crippen molar-refractivity contribution >= 4 is 27.2 Å². The Labute approximate surface area is 194 Å². The standard InChI is InChI=1S/C28H28N2O3/c1-31-20-9-10-21-23(12-20)25-14-28(33-3)27(32-2)13-24(25)22-11-19-15-29(17-30(19)16-26(21)22)18-7-5-4-6-8-18/h4-10,12-14,19H,11,15-17H2,1-3H3/t19-/m0/s1. The van der Waals surface area contributed by atoms with Crippen LogP contribution in [-0.2, 0) is 13.0 Å². The molecule has 0 amide bonds. The van der Waals surface area contributed by atoms with E-state index in [1.54, 1.807) is 21.3 Å². The number of rotatable bonds is 4. The molecule has 0 saturated carbocycles. The number of nitrogens with zero attached hydrogens (tertiary/aromatic N) is 2. The molecule has 1 saturated heterocycles. The predicted molar refractivity (Wildman–Crippen MR) is 133 cm³/mol. The summed E-state index contributed by atoms with van der Waals surface area (Å²) in [6.07, 6.45) is 1.02. The normalized spacial score (nSPS) is 17.8. The van der Waals surface area contributed by atoms with E-state index in [2.05, 4.69) is 70.5 Å². The van der Waals surface area contributed by atoms with Crippen LogP contribution < -0.4 is 19.1 Å². The van der Waals surface area contributed by atoms with Gasteiger partial charge in [0.15, 0.2) is 11.5 Å². The maximum atomic E-state index is 5.69. The highest BCUT2D eigenvalue weighted by molar-refractivity contribution is 6.12. The SMILES string of the molecule is COc1ccc2c3c(c4cc(OC)c(OC)cc4c2c1)C[C@H]1CN(c2ccccc2)CN1C3. The lowest BCUT2D eigenvalue weighted by Gasteiger charge is -2.32. The molecule has 4 aromatic rings. The molecule has 4 aromatic carbocycles. The largest absolute Gasteiger partial charge is 0.497 e. The number of anilines is 1. The second-order valence-corrected chi connectivity index (χ2v) is 8.93. The summed E-state index contributed by atoms with van der Waals surface area (Å²) in [5.41, 5.74) is 4.14. The fourth-order valence-corrected chi connectivity index (χ4v) is 5.63. The zero-order valence-electron chi connectivity index (χ0n) is 19.3. The van der Waals surface area contributed by atoms with E-state index >= 15 is 0 Å². The number of para-hydroxylation sites is 1. The molecule has 0 radical (unpaired) electrons. The molecule has 0 N–H and O–H groups in total. The summed E-state index contributed by atoms with van der Waals surface area (Å²) < 4.78 is 16.9. The maximum Gasteiger partial charge on any atom is 0.161 e. The topological polar surface area (TPSA) is 34.2 Å². The van der Waals surface area contributed by atoms with Crippen LogP contribution in [0, 0.1) is 0 Å². The third-order valence-corrected chi connectivity index (χ3v) is 7.28. The van der Waals surface area contributed by atoms with Crippen molar-refractivity contribution < 1.29 is 14.2 Å². The molecule has 0 unspecified atom stereocenters. The van der Waals surface area contributed by atoms with E-state index in [0.29, 0.717) is 6.04 Å². The Balaban J connectivity index is 1.53. The quantitative estimate of drug-likeness (QED) is 0.406. The Morgan fingerprint density at radius 3 is 2.18 bits per heavy atom. The van der Waals surface area contributed by atoms with Gasteiger partial charge in [-0.3, -0.25) is 4.90 Å². The zero-order valence-corrected chi connectivity index (χ0v) is 19.3. The summed E-state index contributed by atoms with van der Waals surface area (Å²) in [7, 11) is 5.12. The fourth-order valence-electron chi connectivity index (χ4n) is 5.63. The highest BCUT2D eigenvalue weighted by Gasteiger charge is 2.36. The van der Waals surface area contributed by atoms with E-state index in [1.165, 1.54) is 38.4 Å². The van der Waals surface area contributed by atoms with Gasteiger partial charge in [-0.2, -0.15) is 0 Å². The molecule has 0 aromatic heterocycles. The van der Waals surface area contributed by atoms with Gasteiger partial charge in [0.1, 0.15) is 5.75 Å². The second-order valence-electron chi connectivity index (χ2n) is 8.93. The summed E-state index contributed by atoms with van der Waals surface area (Å²) >= 11 is 0. The number of methoxy groups -OCH3 is 3. The van der Waals surface area contributed by atoms with Crippen LogP contribution in [0.15, 0.2) is 60.7 Å². The van der Waals surface area contributed by atoms with Crippen LogP contribution in [0.3, 0.4) is 0 Å². The number of fused-ring (bicyclic) bond motifs is 7. The molecule has 33 heavy (non-hydrogen) atoms. The van der Waals surface area contributed by atoms with Gasteiger partial charge >= 0.3 is 0 Å². The first-order valence-electron chi connectivity index (χ1n) is 11.4. The molecule has 1 atom stereocenters. The minimum Gasteiger partial charge on any atom is -0.497 e. The van der Waals surface area contributed by atoms with Crippen molar-refractivity contribution in [1.82, 2.24) is 4.90 Å². The van der Waals surface area contributed by atoms with E-state index in [-0.39, 0.29) is 0 Å². The molecule has 6 rings (SSSR count). The average Bonchev–Trinajstić information content (AvgIpc) is 3.30. The van der Waals surface area contributed by atoms with Gasteiger partial charge in [-0.25, -0.2) is 0 Å². The molecule has 1 fully saturated rings. The van der Waals surface area contributed by atoms with E-state index in [4.69, 9.17) is 14.2 Å². The van der Waals surface area contributed by atoms with Crippen molar-refractivity contribution in [2.24, 2.45) is 0 Å². The summed E-state index contributed by atoms with van der Waals surface area (Å²) in [6.45, 7) is 2.94. The van der Waals surface area contributed by atoms with Gasteiger partial charge in [0.25, 0.3) is 0 Å². The van der Waals surface area contributed by atoms with Crippen molar-refractivity contribution in [3.8, 4) is 17.2 Å². The summed E-state index contributed by atoms with van der Waals surface area (Å²) in [4.78, 5) is 5.11. The third-order valence-electron chi connectivity index (χ3n) is 7.28. The molecule has 2 aliphatic rings. The van der Waals surface area contributed by atoms with Gasteiger partial charge < -0.3 is 19.1 Å². The van der Waals surface area contributed by atoms with Crippen LogP contribution >= 0.6 is 0 Å². The number of hydrogen-bond acceptors (Lipinski definition) is 5. The molecular weight excluding hydrogens is 412 g/mol. The average molecular weight is 441 g/mol. The highest BCUT2D eigenvalue weighted by atomic mass is 16.5. The first-order valence-corrected chi connectivity index (χ1v) is 11.4. The molecule has 5 nitrogen and oxygen atoms in total. The first kappa shape index (κ1) is 20.2. The Morgan fingerprint density at radius 2 is 1.45 bits per heavy atom. The van der Waals surface area contributed by atoms with Crippen molar-refractivity contribution in [3.63, 3.8) is 0 Å². The Bertz CT molecular complexity index is 1350. The predicted octanol–water partition coefficient (Wildman–Crippen LogP) is 5.22. The first-order chi connectivity index (χ1) is 16.2. The van der Waals surface area contributed by atoms with Gasteiger partial charge in [-0.1, -0.05) is 24.3 Å². The Morgan fingerprint density at radius 1 is 0.727 bits per heavy atom. The monoisotopic (exact) mass is 440 g/mol. The molecule has 0 aliphatic carbocycles. The molecule has 2 heterocycles. The molecule has 0 spiro atoms. The summed E-state index contributed by atoms with van der Waals surface area (Å²) in [5.74, 6) is 2.39. The zero-order chi connectivity index (χ0) is 22.5. The van der Waals surface area contributed by atoms with Gasteiger partial charge in [0, 0.05) is 24.8 Å². The van der Waals surface area contributed by atoms with Crippen molar-refractivity contribution in [2.45, 2.75) is 19.0 Å². The Kier molecular flexibility index (Phi) is 4.80. The number of ether oxygens (including phenoxy) is 3. The van der Waals surface area contributed by atoms with E-state index in [1.807, 2.05) is 0 Å². The maximum absolute atomic E-state index is 5.69. The van der Waals surface area contributed by atoms with E-state index in [9.17, 15) is 0 Å². The van der Waals surface area contributed by atoms with Crippen LogP contribution in [0.1, 0.15) is 11.1 Å². The Hall–Kier alpha value is -3.44. The van der Waals surface area contributed by atoms with Crippen LogP contribution in [0.5, 0.6) is 17.2 Å². The number of benzene rings is 4. The smallest absolute Gasteiger partial charge is 0.161 e. The summed E-state index contributed by atoms with van der Waals surface area (Å²) in [6, 6.07) is 21.9. The third kappa shape index (κ3) is 3.18. The van der Waals surface area contributed by atoms with Crippen LogP contribution in [0.2, 0.25) is 0 Å². The lowest BCUT2D eigenvalue weighted by Crippen LogP contribution is -2.36. The lowest BCUT2D eigenvalue weighted by atomic mass is 9.85. The van der Waals surface area contributed by atoms with Crippen LogP contribution in [0.25, 0.3) is 21.5 Å². The second kappa shape index (κ2) is 7.85. The van der Waals surface area contributed by atoms with E-state index < -0.39 is 0 Å². The van der Waals surface area contributed by atoms with Crippen molar-refractivity contribution in [2.75, 3.05) is 39.4 Å². The van der Waals surface area contributed by atoms with E-state index in [0.717, 1.165) is 43.4 Å². The van der Waals surface area contributed by atoms with Gasteiger partial charge in [-0.15, -0.1) is 0 Å². The van der Waals surface area contributed by atoms with Crippen molar-refractivity contribution in [3.05, 3.63) is 71.8 Å². The molecular formula is C28H28N2O3. The lowest BCUT2D eigenvalue weighted by molar-refractivity contribution is 0.235. The highest BCUT2D eigenvalue weighted by Crippen LogP contribution is 2.44. The molecule has 5 heteroatoms. The van der Waals surface area contributed by atoms with Gasteiger partial charge in [0.05, 0.1) is 28.0 Å². The number of hydrogen-bond donors (Lipinski definition) is 0. The molecule has 0 bridgehead atoms. The minimum absolute atomic E-state index is 0.490. The minimum atomic E-state index is 0.490.